The fourth-order valence-electron chi connectivity index (χ4n) is 3.07. The summed E-state index contributed by atoms with van der Waals surface area (Å²) in [5.41, 5.74) is 0. The maximum Gasteiger partial charge on any atom is 0 e. The van der Waals surface area contributed by atoms with Gasteiger partial charge in [0.15, 0.2) is 0 Å². The van der Waals surface area contributed by atoms with Crippen molar-refractivity contribution in [3.63, 3.8) is 0 Å². The summed E-state index contributed by atoms with van der Waals surface area (Å²) < 4.78 is 0. The Morgan fingerprint density at radius 2 is 0.129 bits per heavy atom. The van der Waals surface area contributed by atoms with Gasteiger partial charge in [-0.2, -0.15) is 0 Å². The minimum absolute atomic E-state index is 1.68. The number of terminal acetylenes is 1. The van der Waals surface area contributed by atoms with E-state index in [0.29, 0.717) is 0 Å². The molecule has 0 radical (unpaired) electrons. The first-order valence-corrected chi connectivity index (χ1v) is 25.3. The Morgan fingerprint density at radius 1 is 0.0792 bits per heavy atom. The molecule has 0 aromatic carbocycles. The summed E-state index contributed by atoms with van der Waals surface area (Å²) in [6, 6.07) is 0. The third kappa shape index (κ3) is 78.0. The molecule has 0 nitrogen and oxygen atoms in total. The van der Waals surface area contributed by atoms with Crippen molar-refractivity contribution >= 4 is 0 Å². The monoisotopic (exact) mass is 1220 g/mol. The molecule has 0 aromatic rings. The highest BCUT2D eigenvalue weighted by Crippen LogP contribution is 1.67. The van der Waals surface area contributed by atoms with Crippen molar-refractivity contribution in [2.75, 3.05) is 0 Å². The molecular weight excluding hydrogens is 1210 g/mol. The quantitative estimate of drug-likeness (QED) is 0.316. The van der Waals surface area contributed by atoms with E-state index in [9.17, 15) is 0 Å². The van der Waals surface area contributed by atoms with Gasteiger partial charge < -0.3 is 0 Å². The standard InChI is InChI=1S/C101H4/c1-3-5-7-9-11-13-15-17-19-21-23-25-27-29-31-33-35-37-39-41-43-45-47-49-51-53-55-57-59-61-63-65-67-69-71-73-75-77-79-81-83-85-87-89-91-93-95-97-99-101-100-98-96-94-92-90-88-86-84-82-80-78-76-74-72-70-68-66-64-62-60-58-56-54-52-50-48-46-44-42-40-38-36-34-32-30-28-26-24-22-20-18-16-14-12-10-8-6-4-2/h1H,2H3. The molecule has 0 heterocycles. The highest BCUT2D eigenvalue weighted by molar-refractivity contribution is 5.56. The summed E-state index contributed by atoms with van der Waals surface area (Å²) in [5, 5.41) is 0. The molecule has 0 N–H and O–H groups in total. The normalized spacial score (nSPS) is 3.96. The average molecular weight is 1220 g/mol. The van der Waals surface area contributed by atoms with E-state index < -0.39 is 0 Å². The van der Waals surface area contributed by atoms with Crippen LogP contribution in [-0.2, 0) is 0 Å². The van der Waals surface area contributed by atoms with Gasteiger partial charge in [0.05, 0.1) is 0 Å². The highest BCUT2D eigenvalue weighted by Gasteiger charge is 1.67. The summed E-state index contributed by atoms with van der Waals surface area (Å²) in [4.78, 5) is 0. The zero-order valence-corrected chi connectivity index (χ0v) is 51.1. The molecule has 101 heavy (non-hydrogen) atoms. The first-order chi connectivity index (χ1) is 50.4. The predicted octanol–water partition coefficient (Wildman–Crippen LogP) is 0.806. The van der Waals surface area contributed by atoms with Crippen molar-refractivity contribution in [2.24, 2.45) is 0 Å². The zero-order chi connectivity index (χ0) is 72.0. The fourth-order valence-corrected chi connectivity index (χ4v) is 3.07. The van der Waals surface area contributed by atoms with E-state index in [0.717, 1.165) is 0 Å². The van der Waals surface area contributed by atoms with Crippen LogP contribution in [0.3, 0.4) is 0 Å². The van der Waals surface area contributed by atoms with E-state index in [1.165, 1.54) is 0 Å². The summed E-state index contributed by atoms with van der Waals surface area (Å²) in [6.07, 6.45) is 4.95. The molecule has 0 aliphatic heterocycles. The molecular formula is C101H4. The lowest BCUT2D eigenvalue weighted by atomic mass is 10.4. The van der Waals surface area contributed by atoms with Crippen molar-refractivity contribution in [1.82, 2.24) is 0 Å². The number of rotatable bonds is 0. The zero-order valence-electron chi connectivity index (χ0n) is 51.1. The number of hydrogen-bond acceptors (Lipinski definition) is 0. The Bertz CT molecular complexity index is 7160. The van der Waals surface area contributed by atoms with Crippen molar-refractivity contribution in [3.05, 3.63) is 0 Å². The second-order valence-electron chi connectivity index (χ2n) is 12.5. The van der Waals surface area contributed by atoms with Gasteiger partial charge in [-0.1, -0.05) is 5.92 Å². The van der Waals surface area contributed by atoms with Crippen molar-refractivity contribution < 1.29 is 0 Å². The highest BCUT2D eigenvalue weighted by atomic mass is 13.7. The summed E-state index contributed by atoms with van der Waals surface area (Å²) >= 11 is 0. The van der Waals surface area contributed by atoms with Crippen LogP contribution in [0.25, 0.3) is 0 Å². The topological polar surface area (TPSA) is 0 Å². The first kappa shape index (κ1) is 79.0. The van der Waals surface area contributed by atoms with Gasteiger partial charge in [0.25, 0.3) is 0 Å². The maximum atomic E-state index is 4.95. The van der Waals surface area contributed by atoms with Crippen LogP contribution in [0.1, 0.15) is 6.92 Å². The number of hydrogen-bond donors (Lipinski definition) is 0. The van der Waals surface area contributed by atoms with E-state index in [1.54, 1.807) is 6.92 Å². The minimum atomic E-state index is 1.68. The van der Waals surface area contributed by atoms with Gasteiger partial charge in [-0.25, -0.2) is 0 Å². The van der Waals surface area contributed by atoms with Gasteiger partial charge in [0, 0.05) is 485 Å². The lowest BCUT2D eigenvalue weighted by molar-refractivity contribution is 1.92. The third-order valence-electron chi connectivity index (χ3n) is 6.20. The molecule has 0 saturated carbocycles. The molecule has 0 fully saturated rings. The first-order valence-electron chi connectivity index (χ1n) is 25.3. The van der Waals surface area contributed by atoms with Gasteiger partial charge in [0.2, 0.25) is 0 Å². The lowest BCUT2D eigenvalue weighted by Gasteiger charge is -1.58. The van der Waals surface area contributed by atoms with Crippen LogP contribution in [0, 0.1) is 593 Å². The van der Waals surface area contributed by atoms with Crippen LogP contribution in [0.5, 0.6) is 0 Å². The maximum absolute atomic E-state index is 4.95. The SMILES string of the molecule is C#CC#CC#CC#CC#CC#CC#CC#CC#CC#CC#CC#CC#CC#CC#CC#CC#CC#CC#CC#CC#CC#CC#CC#CC#CC#CC#CC#CC#CC#CC#CC#CC#CC#CC#CC#CC#CC#CC#CC#CC#CC#CC#CC#CC#CC#CC#CC#CC#CC#CC. The molecule has 408 valence electrons. The Morgan fingerprint density at radius 3 is 0.178 bits per heavy atom. The molecule has 0 bridgehead atoms. The van der Waals surface area contributed by atoms with Gasteiger partial charge in [-0.05, 0) is 102 Å². The smallest absolute Gasteiger partial charge is 0 e. The van der Waals surface area contributed by atoms with Crippen LogP contribution >= 0.6 is 0 Å². The molecule has 0 aliphatic carbocycles. The average Bonchev–Trinajstić information content (AvgIpc) is 3.68. The van der Waals surface area contributed by atoms with Crippen LogP contribution in [0.4, 0.5) is 0 Å². The van der Waals surface area contributed by atoms with Crippen LogP contribution in [-0.4, -0.2) is 0 Å². The van der Waals surface area contributed by atoms with Crippen LogP contribution < -0.4 is 0 Å². The summed E-state index contributed by atoms with van der Waals surface area (Å²) in [7, 11) is 0. The van der Waals surface area contributed by atoms with Crippen molar-refractivity contribution in [2.45, 2.75) is 6.92 Å². The van der Waals surface area contributed by atoms with Gasteiger partial charge in [-0.3, -0.25) is 0 Å². The molecule has 0 saturated heterocycles. The molecule has 0 atom stereocenters. The van der Waals surface area contributed by atoms with E-state index in [4.69, 9.17) is 6.42 Å². The van der Waals surface area contributed by atoms with Crippen LogP contribution in [0.15, 0.2) is 0 Å². The molecule has 0 unspecified atom stereocenters. The molecule has 0 rings (SSSR count). The van der Waals surface area contributed by atoms with E-state index >= 15 is 0 Å². The Balaban J connectivity index is 4.64. The second-order valence-corrected chi connectivity index (χ2v) is 12.5. The molecule has 0 amide bonds. The molecule has 0 heteroatoms. The predicted molar refractivity (Wildman–Crippen MR) is 396 cm³/mol. The summed E-state index contributed by atoms with van der Waals surface area (Å²) in [6.45, 7) is 1.68. The van der Waals surface area contributed by atoms with E-state index in [1.807, 2.05) is 0 Å². The van der Waals surface area contributed by atoms with E-state index in [-0.39, 0.29) is 0 Å². The van der Waals surface area contributed by atoms with Crippen molar-refractivity contribution in [3.8, 4) is 593 Å². The largest absolute Gasteiger partial charge is 0.106 e. The van der Waals surface area contributed by atoms with Crippen LogP contribution in [0.2, 0.25) is 0 Å². The van der Waals surface area contributed by atoms with Crippen molar-refractivity contribution in [1.29, 1.82) is 0 Å². The second kappa shape index (κ2) is 78.0. The minimum Gasteiger partial charge on any atom is -0.106 e. The lowest BCUT2D eigenvalue weighted by Crippen LogP contribution is -1.57. The Labute approximate surface area is 595 Å². The summed E-state index contributed by atoms with van der Waals surface area (Å²) in [5.74, 6) is 247. The Kier molecular flexibility index (Phi) is 61.0. The van der Waals surface area contributed by atoms with Gasteiger partial charge in [0.1, 0.15) is 0 Å². The Hall–Kier alpha value is -22.0. The molecule has 0 spiro atoms. The van der Waals surface area contributed by atoms with E-state index in [2.05, 4.69) is 586 Å². The molecule has 0 aliphatic rings. The third-order valence-corrected chi connectivity index (χ3v) is 6.20. The molecule has 0 aromatic heterocycles. The fraction of sp³-hybridized carbons (Fsp3) is 0.00990. The van der Waals surface area contributed by atoms with Gasteiger partial charge in [-0.15, -0.1) is 6.42 Å². The van der Waals surface area contributed by atoms with Gasteiger partial charge >= 0.3 is 0 Å².